The third kappa shape index (κ3) is 2.95. The molecule has 0 saturated heterocycles. The van der Waals surface area contributed by atoms with Crippen LogP contribution >= 0.6 is 11.6 Å². The van der Waals surface area contributed by atoms with Gasteiger partial charge in [0.2, 0.25) is 11.8 Å². The summed E-state index contributed by atoms with van der Waals surface area (Å²) in [6.07, 6.45) is 0. The molecule has 6 heteroatoms. The third-order valence-electron chi connectivity index (χ3n) is 3.06. The number of carbonyl (C=O) groups excluding carboxylic acids is 1. The summed E-state index contributed by atoms with van der Waals surface area (Å²) >= 11 is 5.96. The van der Waals surface area contributed by atoms with Crippen LogP contribution in [0, 0.1) is 0 Å². The van der Waals surface area contributed by atoms with Gasteiger partial charge in [-0.2, -0.15) is 0 Å². The molecule has 1 heterocycles. The number of amides is 1. The summed E-state index contributed by atoms with van der Waals surface area (Å²) in [5.41, 5.74) is 2.61. The number of nitrogens with zero attached hydrogens (tertiary/aromatic N) is 1. The maximum atomic E-state index is 11.7. The van der Waals surface area contributed by atoms with Gasteiger partial charge in [-0.05, 0) is 30.3 Å². The molecule has 0 fully saturated rings. The van der Waals surface area contributed by atoms with E-state index < -0.39 is 0 Å². The summed E-state index contributed by atoms with van der Waals surface area (Å²) < 4.78 is 10.6. The Morgan fingerprint density at radius 1 is 1.32 bits per heavy atom. The number of ether oxygens (including phenoxy) is 1. The van der Waals surface area contributed by atoms with Crippen molar-refractivity contribution in [3.05, 3.63) is 47.5 Å². The number of hydrogen-bond donors (Lipinski definition) is 1. The lowest BCUT2D eigenvalue weighted by molar-refractivity contribution is -0.119. The Labute approximate surface area is 131 Å². The Hall–Kier alpha value is -2.37. The fourth-order valence-corrected chi connectivity index (χ4v) is 2.28. The largest absolute Gasteiger partial charge is 0.436 e. The second-order valence-electron chi connectivity index (χ2n) is 4.66. The summed E-state index contributed by atoms with van der Waals surface area (Å²) in [5, 5.41) is 3.37. The Bertz CT molecular complexity index is 829. The van der Waals surface area contributed by atoms with Gasteiger partial charge in [0.15, 0.2) is 5.58 Å². The van der Waals surface area contributed by atoms with E-state index in [1.54, 1.807) is 24.3 Å². The molecule has 2 aromatic carbocycles. The van der Waals surface area contributed by atoms with Crippen LogP contribution in [-0.2, 0) is 9.53 Å². The first-order chi connectivity index (χ1) is 10.7. The van der Waals surface area contributed by atoms with Gasteiger partial charge in [-0.25, -0.2) is 4.98 Å². The van der Waals surface area contributed by atoms with Crippen molar-refractivity contribution in [1.29, 1.82) is 0 Å². The number of methoxy groups -OCH3 is 1. The lowest BCUT2D eigenvalue weighted by atomic mass is 10.1. The lowest BCUT2D eigenvalue weighted by Gasteiger charge is -2.08. The average molecular weight is 317 g/mol. The van der Waals surface area contributed by atoms with Crippen LogP contribution in [0.3, 0.4) is 0 Å². The zero-order valence-electron chi connectivity index (χ0n) is 11.8. The van der Waals surface area contributed by atoms with Crippen LogP contribution in [-0.4, -0.2) is 24.6 Å². The Kier molecular flexibility index (Phi) is 4.09. The fraction of sp³-hybridized carbons (Fsp3) is 0.125. The van der Waals surface area contributed by atoms with Gasteiger partial charge < -0.3 is 14.5 Å². The molecule has 0 aliphatic heterocycles. The Morgan fingerprint density at radius 2 is 2.14 bits per heavy atom. The van der Waals surface area contributed by atoms with E-state index in [9.17, 15) is 4.79 Å². The van der Waals surface area contributed by atoms with E-state index in [4.69, 9.17) is 20.8 Å². The van der Waals surface area contributed by atoms with Gasteiger partial charge in [0.1, 0.15) is 12.1 Å². The SMILES string of the molecule is COCC(=O)Nc1ccccc1-c1nc2cc(Cl)ccc2o1. The fourth-order valence-electron chi connectivity index (χ4n) is 2.11. The van der Waals surface area contributed by atoms with E-state index in [2.05, 4.69) is 10.3 Å². The first-order valence-electron chi connectivity index (χ1n) is 6.61. The van der Waals surface area contributed by atoms with E-state index in [-0.39, 0.29) is 12.5 Å². The van der Waals surface area contributed by atoms with Crippen LogP contribution in [0.25, 0.3) is 22.6 Å². The molecular formula is C16H13ClN2O3. The number of aromatic nitrogens is 1. The standard InChI is InChI=1S/C16H13ClN2O3/c1-21-9-15(20)18-12-5-3-2-4-11(12)16-19-13-8-10(17)6-7-14(13)22-16/h2-8H,9H2,1H3,(H,18,20). The quantitative estimate of drug-likeness (QED) is 0.796. The maximum absolute atomic E-state index is 11.7. The second kappa shape index (κ2) is 6.17. The molecule has 0 atom stereocenters. The van der Waals surface area contributed by atoms with Gasteiger partial charge in [-0.3, -0.25) is 4.79 Å². The summed E-state index contributed by atoms with van der Waals surface area (Å²) in [6.45, 7) is -0.0164. The molecule has 3 aromatic rings. The number of hydrogen-bond acceptors (Lipinski definition) is 4. The van der Waals surface area contributed by atoms with Crippen molar-refractivity contribution in [2.75, 3.05) is 19.0 Å². The van der Waals surface area contributed by atoms with Crippen LogP contribution < -0.4 is 5.32 Å². The lowest BCUT2D eigenvalue weighted by Crippen LogP contribution is -2.17. The predicted octanol–water partition coefficient (Wildman–Crippen LogP) is 3.73. The molecule has 0 spiro atoms. The maximum Gasteiger partial charge on any atom is 0.250 e. The van der Waals surface area contributed by atoms with E-state index in [1.807, 2.05) is 18.2 Å². The predicted molar refractivity (Wildman–Crippen MR) is 85.0 cm³/mol. The van der Waals surface area contributed by atoms with Crippen molar-refractivity contribution in [2.45, 2.75) is 0 Å². The highest BCUT2D eigenvalue weighted by Gasteiger charge is 2.14. The molecular weight excluding hydrogens is 304 g/mol. The normalized spacial score (nSPS) is 10.8. The summed E-state index contributed by atoms with van der Waals surface area (Å²) in [7, 11) is 1.47. The number of nitrogens with one attached hydrogen (secondary N) is 1. The topological polar surface area (TPSA) is 64.4 Å². The zero-order chi connectivity index (χ0) is 15.5. The Balaban J connectivity index is 2.01. The minimum absolute atomic E-state index is 0.0164. The van der Waals surface area contributed by atoms with Gasteiger partial charge in [-0.15, -0.1) is 0 Å². The number of benzene rings is 2. The molecule has 3 rings (SSSR count). The molecule has 5 nitrogen and oxygen atoms in total. The van der Waals surface area contributed by atoms with Crippen LogP contribution in [0.1, 0.15) is 0 Å². The molecule has 1 aromatic heterocycles. The van der Waals surface area contributed by atoms with Crippen molar-refractivity contribution in [3.63, 3.8) is 0 Å². The molecule has 0 radical (unpaired) electrons. The molecule has 0 aliphatic carbocycles. The number of anilines is 1. The highest BCUT2D eigenvalue weighted by molar-refractivity contribution is 6.31. The minimum Gasteiger partial charge on any atom is -0.436 e. The van der Waals surface area contributed by atoms with Gasteiger partial charge in [-0.1, -0.05) is 23.7 Å². The number of oxazole rings is 1. The van der Waals surface area contributed by atoms with E-state index in [0.29, 0.717) is 33.3 Å². The average Bonchev–Trinajstić information content (AvgIpc) is 2.90. The molecule has 0 unspecified atom stereocenters. The van der Waals surface area contributed by atoms with Gasteiger partial charge in [0.05, 0.1) is 11.3 Å². The highest BCUT2D eigenvalue weighted by atomic mass is 35.5. The van der Waals surface area contributed by atoms with Gasteiger partial charge in [0, 0.05) is 12.1 Å². The second-order valence-corrected chi connectivity index (χ2v) is 5.09. The first kappa shape index (κ1) is 14.6. The van der Waals surface area contributed by atoms with Crippen LogP contribution in [0.5, 0.6) is 0 Å². The molecule has 0 saturated carbocycles. The summed E-state index contributed by atoms with van der Waals surface area (Å²) in [5.74, 6) is 0.180. The van der Waals surface area contributed by atoms with Crippen LogP contribution in [0.4, 0.5) is 5.69 Å². The molecule has 22 heavy (non-hydrogen) atoms. The number of halogens is 1. The smallest absolute Gasteiger partial charge is 0.250 e. The van der Waals surface area contributed by atoms with Crippen molar-refractivity contribution < 1.29 is 13.9 Å². The monoisotopic (exact) mass is 316 g/mol. The molecule has 0 bridgehead atoms. The third-order valence-corrected chi connectivity index (χ3v) is 3.29. The van der Waals surface area contributed by atoms with Crippen molar-refractivity contribution in [2.24, 2.45) is 0 Å². The Morgan fingerprint density at radius 3 is 2.95 bits per heavy atom. The molecule has 0 aliphatic rings. The van der Waals surface area contributed by atoms with Gasteiger partial charge in [0.25, 0.3) is 0 Å². The van der Waals surface area contributed by atoms with E-state index in [1.165, 1.54) is 7.11 Å². The van der Waals surface area contributed by atoms with Gasteiger partial charge >= 0.3 is 0 Å². The number of fused-ring (bicyclic) bond motifs is 1. The van der Waals surface area contributed by atoms with Crippen LogP contribution in [0.15, 0.2) is 46.9 Å². The summed E-state index contributed by atoms with van der Waals surface area (Å²) in [6, 6.07) is 12.5. The number of rotatable bonds is 4. The van der Waals surface area contributed by atoms with Crippen molar-refractivity contribution in [1.82, 2.24) is 4.98 Å². The van der Waals surface area contributed by atoms with E-state index >= 15 is 0 Å². The molecule has 1 amide bonds. The van der Waals surface area contributed by atoms with Crippen molar-refractivity contribution >= 4 is 34.3 Å². The van der Waals surface area contributed by atoms with E-state index in [0.717, 1.165) is 0 Å². The summed E-state index contributed by atoms with van der Waals surface area (Å²) in [4.78, 5) is 16.1. The molecule has 112 valence electrons. The highest BCUT2D eigenvalue weighted by Crippen LogP contribution is 2.30. The first-order valence-corrected chi connectivity index (χ1v) is 6.99. The minimum atomic E-state index is -0.242. The molecule has 1 N–H and O–H groups in total. The zero-order valence-corrected chi connectivity index (χ0v) is 12.6. The number of para-hydroxylation sites is 1. The number of carbonyl (C=O) groups is 1. The van der Waals surface area contributed by atoms with Crippen molar-refractivity contribution in [3.8, 4) is 11.5 Å². The van der Waals surface area contributed by atoms with Crippen LogP contribution in [0.2, 0.25) is 5.02 Å².